The summed E-state index contributed by atoms with van der Waals surface area (Å²) in [4.78, 5) is 34.9. The Labute approximate surface area is 162 Å². The number of amides is 1. The number of rotatable bonds is 4. The number of nitrogens with zero attached hydrogens (tertiary/aromatic N) is 3. The topological polar surface area (TPSA) is 84.4 Å². The molecule has 7 heteroatoms. The number of benzene rings is 2. The summed E-state index contributed by atoms with van der Waals surface area (Å²) in [6.45, 7) is 0.631. The predicted molar refractivity (Wildman–Crippen MR) is 105 cm³/mol. The smallest absolute Gasteiger partial charge is 0.339 e. The summed E-state index contributed by atoms with van der Waals surface area (Å²) in [5, 5.41) is 3.04. The summed E-state index contributed by atoms with van der Waals surface area (Å²) in [6.07, 6.45) is 3.74. The minimum absolute atomic E-state index is 0.182. The number of para-hydroxylation sites is 2. The molecule has 0 unspecified atom stereocenters. The Bertz CT molecular complexity index is 1030. The number of carbonyl (C=O) groups excluding carboxylic acids is 2. The Morgan fingerprint density at radius 3 is 2.61 bits per heavy atom. The van der Waals surface area contributed by atoms with E-state index >= 15 is 0 Å². The van der Waals surface area contributed by atoms with Crippen LogP contribution >= 0.6 is 0 Å². The van der Waals surface area contributed by atoms with Gasteiger partial charge in [-0.1, -0.05) is 30.3 Å². The Morgan fingerprint density at radius 1 is 1.04 bits per heavy atom. The van der Waals surface area contributed by atoms with Gasteiger partial charge in [-0.2, -0.15) is 0 Å². The van der Waals surface area contributed by atoms with Crippen LogP contribution in [0.1, 0.15) is 26.4 Å². The van der Waals surface area contributed by atoms with Crippen LogP contribution in [-0.2, 0) is 11.2 Å². The van der Waals surface area contributed by atoms with E-state index in [1.165, 1.54) is 19.5 Å². The Balaban J connectivity index is 1.53. The summed E-state index contributed by atoms with van der Waals surface area (Å²) in [5.41, 5.74) is 3.28. The highest BCUT2D eigenvalue weighted by Crippen LogP contribution is 2.28. The van der Waals surface area contributed by atoms with Crippen molar-refractivity contribution < 1.29 is 14.3 Å². The van der Waals surface area contributed by atoms with E-state index in [0.717, 1.165) is 17.7 Å². The molecule has 1 N–H and O–H groups in total. The first-order valence-corrected chi connectivity index (χ1v) is 8.83. The van der Waals surface area contributed by atoms with Gasteiger partial charge in [-0.25, -0.2) is 14.8 Å². The Kier molecular flexibility index (Phi) is 4.72. The van der Waals surface area contributed by atoms with Gasteiger partial charge in [-0.05, 0) is 30.2 Å². The van der Waals surface area contributed by atoms with Gasteiger partial charge < -0.3 is 15.0 Å². The molecule has 0 saturated carbocycles. The average molecular weight is 374 g/mol. The molecule has 2 heterocycles. The van der Waals surface area contributed by atoms with E-state index in [2.05, 4.69) is 15.3 Å². The predicted octanol–water partition coefficient (Wildman–Crippen LogP) is 3.21. The molecule has 3 aromatic rings. The fourth-order valence-electron chi connectivity index (χ4n) is 3.21. The van der Waals surface area contributed by atoms with Gasteiger partial charge in [0.05, 0.1) is 30.8 Å². The summed E-state index contributed by atoms with van der Waals surface area (Å²) in [5.74, 6) is -0.204. The molecule has 28 heavy (non-hydrogen) atoms. The van der Waals surface area contributed by atoms with Gasteiger partial charge in [-0.15, -0.1) is 0 Å². The molecule has 4 rings (SSSR count). The van der Waals surface area contributed by atoms with Gasteiger partial charge in [0.2, 0.25) is 0 Å². The lowest BCUT2D eigenvalue weighted by atomic mass is 10.2. The van der Waals surface area contributed by atoms with Crippen molar-refractivity contribution in [2.45, 2.75) is 6.42 Å². The SMILES string of the molecule is COC(=O)c1ccccc1Nc1cnc(C(=O)N2CCc3ccccc32)cn1. The fraction of sp³-hybridized carbons (Fsp3) is 0.143. The van der Waals surface area contributed by atoms with Crippen molar-refractivity contribution in [1.82, 2.24) is 9.97 Å². The van der Waals surface area contributed by atoms with Gasteiger partial charge in [0, 0.05) is 12.2 Å². The molecule has 1 amide bonds. The molecule has 0 spiro atoms. The van der Waals surface area contributed by atoms with Gasteiger partial charge in [0.25, 0.3) is 5.91 Å². The largest absolute Gasteiger partial charge is 0.465 e. The summed E-state index contributed by atoms with van der Waals surface area (Å²) >= 11 is 0. The van der Waals surface area contributed by atoms with Gasteiger partial charge in [0.1, 0.15) is 11.5 Å². The number of methoxy groups -OCH3 is 1. The molecule has 0 saturated heterocycles. The molecule has 0 aliphatic carbocycles. The van der Waals surface area contributed by atoms with Crippen molar-refractivity contribution in [3.63, 3.8) is 0 Å². The van der Waals surface area contributed by atoms with Crippen LogP contribution in [0.25, 0.3) is 0 Å². The standard InChI is InChI=1S/C21H18N4O3/c1-28-21(27)15-7-3-4-8-16(15)24-19-13-22-17(12-23-19)20(26)25-11-10-14-6-2-5-9-18(14)25/h2-9,12-13H,10-11H2,1H3,(H,23,24). The zero-order valence-electron chi connectivity index (χ0n) is 15.3. The average Bonchev–Trinajstić information content (AvgIpc) is 3.18. The van der Waals surface area contributed by atoms with Crippen molar-refractivity contribution in [3.05, 3.63) is 77.7 Å². The second-order valence-corrected chi connectivity index (χ2v) is 6.28. The second kappa shape index (κ2) is 7.48. The Morgan fingerprint density at radius 2 is 1.82 bits per heavy atom. The lowest BCUT2D eigenvalue weighted by molar-refractivity contribution is 0.0601. The van der Waals surface area contributed by atoms with Crippen LogP contribution in [-0.4, -0.2) is 35.5 Å². The first kappa shape index (κ1) is 17.7. The number of aromatic nitrogens is 2. The zero-order chi connectivity index (χ0) is 19.5. The fourth-order valence-corrected chi connectivity index (χ4v) is 3.21. The van der Waals surface area contributed by atoms with Crippen molar-refractivity contribution in [1.29, 1.82) is 0 Å². The first-order valence-electron chi connectivity index (χ1n) is 8.83. The van der Waals surface area contributed by atoms with E-state index < -0.39 is 5.97 Å². The molecule has 0 radical (unpaired) electrons. The number of nitrogens with one attached hydrogen (secondary N) is 1. The van der Waals surface area contributed by atoms with Crippen LogP contribution in [0.15, 0.2) is 60.9 Å². The third-order valence-electron chi connectivity index (χ3n) is 4.60. The maximum atomic E-state index is 12.8. The van der Waals surface area contributed by atoms with Gasteiger partial charge in [0.15, 0.2) is 0 Å². The molecule has 0 fully saturated rings. The van der Waals surface area contributed by atoms with Crippen LogP contribution in [0.5, 0.6) is 0 Å². The number of ether oxygens (including phenoxy) is 1. The molecule has 7 nitrogen and oxygen atoms in total. The van der Waals surface area contributed by atoms with E-state index in [1.807, 2.05) is 24.3 Å². The number of hydrogen-bond donors (Lipinski definition) is 1. The molecular weight excluding hydrogens is 356 g/mol. The van der Waals surface area contributed by atoms with Gasteiger partial charge >= 0.3 is 5.97 Å². The van der Waals surface area contributed by atoms with Crippen LogP contribution in [0, 0.1) is 0 Å². The molecular formula is C21H18N4O3. The van der Waals surface area contributed by atoms with E-state index in [4.69, 9.17) is 4.74 Å². The van der Waals surface area contributed by atoms with E-state index in [0.29, 0.717) is 23.6 Å². The van der Waals surface area contributed by atoms with Crippen LogP contribution in [0.4, 0.5) is 17.2 Å². The summed E-state index contributed by atoms with van der Waals surface area (Å²) in [6, 6.07) is 14.8. The number of fused-ring (bicyclic) bond motifs is 1. The molecule has 140 valence electrons. The highest BCUT2D eigenvalue weighted by Gasteiger charge is 2.26. The molecule has 1 aromatic heterocycles. The summed E-state index contributed by atoms with van der Waals surface area (Å²) < 4.78 is 4.79. The number of esters is 1. The van der Waals surface area contributed by atoms with E-state index in [1.54, 1.807) is 29.2 Å². The van der Waals surface area contributed by atoms with Crippen molar-refractivity contribution in [3.8, 4) is 0 Å². The molecule has 0 atom stereocenters. The minimum atomic E-state index is -0.449. The maximum absolute atomic E-state index is 12.8. The maximum Gasteiger partial charge on any atom is 0.339 e. The number of anilines is 3. The highest BCUT2D eigenvalue weighted by atomic mass is 16.5. The lowest BCUT2D eigenvalue weighted by Crippen LogP contribution is -2.29. The quantitative estimate of drug-likeness (QED) is 0.706. The minimum Gasteiger partial charge on any atom is -0.465 e. The third-order valence-corrected chi connectivity index (χ3v) is 4.60. The van der Waals surface area contributed by atoms with E-state index in [-0.39, 0.29) is 11.6 Å². The summed E-state index contributed by atoms with van der Waals surface area (Å²) in [7, 11) is 1.33. The monoisotopic (exact) mass is 374 g/mol. The van der Waals surface area contributed by atoms with Crippen molar-refractivity contribution in [2.24, 2.45) is 0 Å². The van der Waals surface area contributed by atoms with Crippen LogP contribution in [0.3, 0.4) is 0 Å². The molecule has 1 aliphatic heterocycles. The van der Waals surface area contributed by atoms with Crippen molar-refractivity contribution in [2.75, 3.05) is 23.9 Å². The number of hydrogen-bond acceptors (Lipinski definition) is 6. The third kappa shape index (κ3) is 3.29. The highest BCUT2D eigenvalue weighted by molar-refractivity contribution is 6.06. The van der Waals surface area contributed by atoms with E-state index in [9.17, 15) is 9.59 Å². The second-order valence-electron chi connectivity index (χ2n) is 6.28. The molecule has 2 aromatic carbocycles. The zero-order valence-corrected chi connectivity index (χ0v) is 15.3. The first-order chi connectivity index (χ1) is 13.7. The van der Waals surface area contributed by atoms with Crippen molar-refractivity contribution >= 4 is 29.1 Å². The lowest BCUT2D eigenvalue weighted by Gasteiger charge is -2.16. The normalized spacial score (nSPS) is 12.4. The Hall–Kier alpha value is -3.74. The van der Waals surface area contributed by atoms with Crippen LogP contribution < -0.4 is 10.2 Å². The molecule has 1 aliphatic rings. The number of carbonyl (C=O) groups is 2. The van der Waals surface area contributed by atoms with Gasteiger partial charge in [-0.3, -0.25) is 4.79 Å². The molecule has 0 bridgehead atoms. The van der Waals surface area contributed by atoms with Crippen LogP contribution in [0.2, 0.25) is 0 Å².